The first kappa shape index (κ1) is 10.4. The molecular weight excluding hydrogens is 181 g/mol. The molecule has 3 atom stereocenters. The third kappa shape index (κ3) is 1.47. The summed E-state index contributed by atoms with van der Waals surface area (Å²) < 4.78 is 12.3. The number of rotatable bonds is 3. The van der Waals surface area contributed by atoms with Gasteiger partial charge in [0.15, 0.2) is 0 Å². The number of aliphatic hydroxyl groups is 1. The molecule has 2 heterocycles. The van der Waals surface area contributed by atoms with Gasteiger partial charge in [-0.1, -0.05) is 6.92 Å². The second-order valence-electron chi connectivity index (χ2n) is 5.01. The van der Waals surface area contributed by atoms with Crippen LogP contribution in [-0.2, 0) is 0 Å². The molecule has 0 aliphatic carbocycles. The maximum Gasteiger partial charge on any atom is 0.0909 e. The van der Waals surface area contributed by atoms with Crippen LogP contribution < -0.4 is 0 Å². The molecule has 0 spiro atoms. The number of hydrogen-bond acceptors (Lipinski definition) is 2. The Bertz CT molecular complexity index is 211. The second kappa shape index (κ2) is 3.78. The fourth-order valence-electron chi connectivity index (χ4n) is 3.39. The quantitative estimate of drug-likeness (QED) is 0.749. The van der Waals surface area contributed by atoms with E-state index in [4.69, 9.17) is 0 Å². The van der Waals surface area contributed by atoms with Gasteiger partial charge in [0.2, 0.25) is 0 Å². The Kier molecular flexibility index (Phi) is 2.80. The summed E-state index contributed by atoms with van der Waals surface area (Å²) >= 11 is 0. The van der Waals surface area contributed by atoms with Crippen LogP contribution in [0.3, 0.4) is 0 Å². The van der Waals surface area contributed by atoms with Crippen LogP contribution in [0, 0.1) is 5.92 Å². The van der Waals surface area contributed by atoms with Crippen molar-refractivity contribution in [2.75, 3.05) is 19.8 Å². The Morgan fingerprint density at radius 3 is 3.00 bits per heavy atom. The van der Waals surface area contributed by atoms with Crippen molar-refractivity contribution in [3.8, 4) is 0 Å². The molecule has 1 N–H and O–H groups in total. The first-order valence-electron chi connectivity index (χ1n) is 5.65. The van der Waals surface area contributed by atoms with Gasteiger partial charge in [-0.3, -0.25) is 9.29 Å². The van der Waals surface area contributed by atoms with E-state index in [0.717, 1.165) is 25.8 Å². The highest BCUT2D eigenvalue weighted by Gasteiger charge is 2.50. The molecule has 0 aromatic rings. The smallest absolute Gasteiger partial charge is 0.0909 e. The van der Waals surface area contributed by atoms with Gasteiger partial charge in [-0.25, -0.2) is 0 Å². The highest BCUT2D eigenvalue weighted by molar-refractivity contribution is 5.05. The van der Waals surface area contributed by atoms with E-state index >= 15 is 0 Å². The Labute approximate surface area is 85.1 Å². The lowest BCUT2D eigenvalue weighted by Gasteiger charge is -2.33. The second-order valence-corrected chi connectivity index (χ2v) is 5.01. The highest BCUT2D eigenvalue weighted by Crippen LogP contribution is 2.44. The predicted octanol–water partition coefficient (Wildman–Crippen LogP) is 1.58. The summed E-state index contributed by atoms with van der Waals surface area (Å²) in [7, 11) is 0. The number of nitrogens with zero attached hydrogens (tertiary/aromatic N) is 1. The summed E-state index contributed by atoms with van der Waals surface area (Å²) in [5.74, 6) is 0.657. The van der Waals surface area contributed by atoms with Crippen LogP contribution >= 0.6 is 0 Å². The predicted molar refractivity (Wildman–Crippen MR) is 53.9 cm³/mol. The molecule has 0 saturated carbocycles. The third-order valence-corrected chi connectivity index (χ3v) is 3.97. The molecule has 2 aliphatic rings. The zero-order valence-corrected chi connectivity index (χ0v) is 8.88. The van der Waals surface area contributed by atoms with E-state index < -0.39 is 0 Å². The van der Waals surface area contributed by atoms with Crippen molar-refractivity contribution in [1.82, 2.24) is 4.90 Å². The normalized spacial score (nSPS) is 43.1. The first-order chi connectivity index (χ1) is 6.72. The minimum atomic E-state index is -0.225. The van der Waals surface area contributed by atoms with Gasteiger partial charge in [-0.2, -0.15) is 0 Å². The third-order valence-electron chi connectivity index (χ3n) is 3.97. The summed E-state index contributed by atoms with van der Waals surface area (Å²) in [4.78, 5) is 2.37. The van der Waals surface area contributed by atoms with Crippen molar-refractivity contribution in [3.63, 3.8) is 0 Å². The van der Waals surface area contributed by atoms with Gasteiger partial charge in [0.25, 0.3) is 0 Å². The van der Waals surface area contributed by atoms with Gasteiger partial charge in [-0.15, -0.1) is 0 Å². The maximum atomic E-state index is 12.3. The average molecular weight is 201 g/mol. The molecule has 82 valence electrons. The van der Waals surface area contributed by atoms with Crippen LogP contribution in [0.25, 0.3) is 0 Å². The lowest BCUT2D eigenvalue weighted by atomic mass is 9.91. The monoisotopic (exact) mass is 201 g/mol. The summed E-state index contributed by atoms with van der Waals surface area (Å²) in [5, 5.41) is 9.50. The topological polar surface area (TPSA) is 23.5 Å². The number of halogens is 1. The van der Waals surface area contributed by atoms with Crippen LogP contribution in [0.15, 0.2) is 0 Å². The summed E-state index contributed by atoms with van der Waals surface area (Å²) in [6, 6.07) is 0.386. The van der Waals surface area contributed by atoms with E-state index in [1.54, 1.807) is 0 Å². The SMILES string of the molecule is CC1CN2[C@H](CCF)CC[C@@]2(CO)C1. The molecule has 0 aromatic carbocycles. The van der Waals surface area contributed by atoms with E-state index in [0.29, 0.717) is 18.4 Å². The molecule has 14 heavy (non-hydrogen) atoms. The van der Waals surface area contributed by atoms with Crippen molar-refractivity contribution < 1.29 is 9.50 Å². The van der Waals surface area contributed by atoms with E-state index in [-0.39, 0.29) is 18.8 Å². The van der Waals surface area contributed by atoms with Crippen molar-refractivity contribution in [2.45, 2.75) is 44.2 Å². The zero-order chi connectivity index (χ0) is 10.2. The molecule has 1 unspecified atom stereocenters. The molecule has 0 bridgehead atoms. The van der Waals surface area contributed by atoms with Gasteiger partial charge in [0.1, 0.15) is 0 Å². The molecule has 3 heteroatoms. The standard InChI is InChI=1S/C11H20FNO/c1-9-6-11(8-14)4-2-10(3-5-12)13(11)7-9/h9-10,14H,2-8H2,1H3/t9?,10-,11-/m0/s1. The molecule has 2 fully saturated rings. The Morgan fingerprint density at radius 1 is 1.57 bits per heavy atom. The molecule has 2 nitrogen and oxygen atoms in total. The van der Waals surface area contributed by atoms with Crippen molar-refractivity contribution >= 4 is 0 Å². The fourth-order valence-corrected chi connectivity index (χ4v) is 3.39. The molecular formula is C11H20FNO. The molecule has 0 aromatic heterocycles. The van der Waals surface area contributed by atoms with Crippen LogP contribution in [0.4, 0.5) is 4.39 Å². The lowest BCUT2D eigenvalue weighted by molar-refractivity contribution is 0.0737. The lowest BCUT2D eigenvalue weighted by Crippen LogP contribution is -2.45. The van der Waals surface area contributed by atoms with Crippen molar-refractivity contribution in [2.24, 2.45) is 5.92 Å². The van der Waals surface area contributed by atoms with Gasteiger partial charge in [0, 0.05) is 18.1 Å². The molecule has 2 aliphatic heterocycles. The molecule has 2 rings (SSSR count). The molecule has 0 radical (unpaired) electrons. The van der Waals surface area contributed by atoms with Crippen molar-refractivity contribution in [1.29, 1.82) is 0 Å². The van der Waals surface area contributed by atoms with E-state index in [1.807, 2.05) is 0 Å². The van der Waals surface area contributed by atoms with Crippen LogP contribution in [0.2, 0.25) is 0 Å². The van der Waals surface area contributed by atoms with Crippen LogP contribution in [-0.4, -0.2) is 41.4 Å². The summed E-state index contributed by atoms with van der Waals surface area (Å²) in [6.45, 7) is 3.30. The van der Waals surface area contributed by atoms with E-state index in [2.05, 4.69) is 11.8 Å². The summed E-state index contributed by atoms with van der Waals surface area (Å²) in [5.41, 5.74) is 0.0131. The zero-order valence-electron chi connectivity index (χ0n) is 8.88. The van der Waals surface area contributed by atoms with Gasteiger partial charge in [0.05, 0.1) is 13.3 Å². The molecule has 0 amide bonds. The Balaban J connectivity index is 2.09. The number of aliphatic hydroxyl groups excluding tert-OH is 1. The van der Waals surface area contributed by atoms with E-state index in [9.17, 15) is 9.50 Å². The summed E-state index contributed by atoms with van der Waals surface area (Å²) in [6.07, 6.45) is 3.86. The van der Waals surface area contributed by atoms with Crippen LogP contribution in [0.1, 0.15) is 32.6 Å². The maximum absolute atomic E-state index is 12.3. The van der Waals surface area contributed by atoms with Gasteiger partial charge < -0.3 is 5.11 Å². The largest absolute Gasteiger partial charge is 0.394 e. The van der Waals surface area contributed by atoms with Crippen LogP contribution in [0.5, 0.6) is 0 Å². The minimum absolute atomic E-state index is 0.0131. The van der Waals surface area contributed by atoms with Gasteiger partial charge >= 0.3 is 0 Å². The minimum Gasteiger partial charge on any atom is -0.394 e. The highest BCUT2D eigenvalue weighted by atomic mass is 19.1. The molecule has 2 saturated heterocycles. The number of alkyl halides is 1. The first-order valence-corrected chi connectivity index (χ1v) is 5.65. The number of hydrogen-bond donors (Lipinski definition) is 1. The van der Waals surface area contributed by atoms with Crippen molar-refractivity contribution in [3.05, 3.63) is 0 Å². The Hall–Kier alpha value is -0.150. The number of fused-ring (bicyclic) bond motifs is 1. The average Bonchev–Trinajstić information content (AvgIpc) is 2.64. The Morgan fingerprint density at radius 2 is 2.36 bits per heavy atom. The van der Waals surface area contributed by atoms with E-state index in [1.165, 1.54) is 0 Å². The fraction of sp³-hybridized carbons (Fsp3) is 1.00. The van der Waals surface area contributed by atoms with Gasteiger partial charge in [-0.05, 0) is 31.6 Å².